The number of carbonyl (C=O) groups excluding carboxylic acids is 5. The molecule has 0 radical (unpaired) electrons. The number of urea groups is 1. The van der Waals surface area contributed by atoms with Crippen LogP contribution in [0.1, 0.15) is 59.8 Å². The van der Waals surface area contributed by atoms with Gasteiger partial charge < -0.3 is 19.9 Å². The van der Waals surface area contributed by atoms with Crippen LogP contribution in [0.25, 0.3) is 0 Å². The highest BCUT2D eigenvalue weighted by Gasteiger charge is 2.56. The van der Waals surface area contributed by atoms with Crippen molar-refractivity contribution in [1.82, 2.24) is 20.0 Å². The van der Waals surface area contributed by atoms with E-state index in [0.717, 1.165) is 11.3 Å². The molecule has 2 unspecified atom stereocenters. The number of amides is 5. The van der Waals surface area contributed by atoms with Gasteiger partial charge in [0.05, 0.1) is 19.1 Å². The van der Waals surface area contributed by atoms with Crippen LogP contribution in [0.3, 0.4) is 0 Å². The second-order valence-electron chi connectivity index (χ2n) is 10.9. The minimum atomic E-state index is -0.962. The lowest BCUT2D eigenvalue weighted by Gasteiger charge is -2.43. The fraction of sp³-hybridized carbons (Fsp3) is 0.792. The molecule has 2 aliphatic heterocycles. The van der Waals surface area contributed by atoms with Crippen LogP contribution in [0.15, 0.2) is 0 Å². The van der Waals surface area contributed by atoms with Gasteiger partial charge in [-0.25, -0.2) is 4.79 Å². The highest BCUT2D eigenvalue weighted by Crippen LogP contribution is 2.46. The van der Waals surface area contributed by atoms with Gasteiger partial charge in [0.2, 0.25) is 11.8 Å². The minimum absolute atomic E-state index is 0.0927. The van der Waals surface area contributed by atoms with E-state index in [4.69, 9.17) is 4.74 Å². The lowest BCUT2D eigenvalue weighted by Crippen LogP contribution is -2.54. The van der Waals surface area contributed by atoms with Gasteiger partial charge in [-0.15, -0.1) is 0 Å². The first-order valence-corrected chi connectivity index (χ1v) is 12.2. The molecule has 1 saturated carbocycles. The molecule has 0 bridgehead atoms. The van der Waals surface area contributed by atoms with Crippen molar-refractivity contribution in [3.8, 4) is 0 Å². The highest BCUT2D eigenvalue weighted by atomic mass is 16.5. The van der Waals surface area contributed by atoms with Gasteiger partial charge in [-0.2, -0.15) is 0 Å². The van der Waals surface area contributed by atoms with Crippen LogP contribution in [0.5, 0.6) is 0 Å². The topological polar surface area (TPSA) is 116 Å². The minimum Gasteiger partial charge on any atom is -0.466 e. The summed E-state index contributed by atoms with van der Waals surface area (Å²) in [5.41, 5.74) is -1.05. The molecule has 5 amide bonds. The van der Waals surface area contributed by atoms with Crippen molar-refractivity contribution in [3.63, 3.8) is 0 Å². The largest absolute Gasteiger partial charge is 0.466 e. The smallest absolute Gasteiger partial charge is 0.325 e. The van der Waals surface area contributed by atoms with Crippen molar-refractivity contribution < 1.29 is 28.7 Å². The molecule has 0 aromatic heterocycles. The van der Waals surface area contributed by atoms with Crippen LogP contribution in [-0.4, -0.2) is 89.8 Å². The predicted octanol–water partition coefficient (Wildman–Crippen LogP) is 1.38. The highest BCUT2D eigenvalue weighted by molar-refractivity contribution is 6.09. The Labute approximate surface area is 201 Å². The number of esters is 1. The zero-order valence-corrected chi connectivity index (χ0v) is 21.0. The molecule has 2 saturated heterocycles. The molecule has 190 valence electrons. The summed E-state index contributed by atoms with van der Waals surface area (Å²) < 4.78 is 5.05. The average molecular weight is 479 g/mol. The number of hydrogen-bond donors (Lipinski definition) is 1. The molecule has 1 spiro atoms. The molecule has 1 aliphatic carbocycles. The number of nitrogens with one attached hydrogen (secondary N) is 1. The third kappa shape index (κ3) is 5.52. The number of hydrogen-bond acceptors (Lipinski definition) is 6. The number of piperidine rings is 1. The van der Waals surface area contributed by atoms with Crippen molar-refractivity contribution in [3.05, 3.63) is 0 Å². The average Bonchev–Trinajstić information content (AvgIpc) is 2.95. The van der Waals surface area contributed by atoms with Gasteiger partial charge in [-0.05, 0) is 50.4 Å². The van der Waals surface area contributed by atoms with Crippen LogP contribution >= 0.6 is 0 Å². The normalized spacial score (nSPS) is 27.0. The Morgan fingerprint density at radius 3 is 2.38 bits per heavy atom. The first-order chi connectivity index (χ1) is 15.9. The van der Waals surface area contributed by atoms with Crippen molar-refractivity contribution in [1.29, 1.82) is 0 Å². The van der Waals surface area contributed by atoms with Gasteiger partial charge in [0.1, 0.15) is 12.1 Å². The summed E-state index contributed by atoms with van der Waals surface area (Å²) in [4.78, 5) is 67.1. The summed E-state index contributed by atoms with van der Waals surface area (Å²) >= 11 is 0. The number of likely N-dealkylation sites (tertiary alicyclic amines) is 1. The number of nitrogens with zero attached hydrogens (tertiary/aromatic N) is 3. The Morgan fingerprint density at radius 1 is 1.15 bits per heavy atom. The van der Waals surface area contributed by atoms with Crippen LogP contribution in [0.2, 0.25) is 0 Å². The fourth-order valence-corrected chi connectivity index (χ4v) is 5.92. The molecule has 10 nitrogen and oxygen atoms in total. The Morgan fingerprint density at radius 2 is 1.79 bits per heavy atom. The number of imide groups is 1. The number of carbonyl (C=O) groups is 5. The standard InChI is InChI=1S/C24H38N4O6/c1-6-34-20(31)17-7-9-27(10-8-17)19(30)13-26(5)18(29)14-28-21(32)24(25-22(28)33)12-16(2)11-23(3,4)15-24/h16-17H,6-15H2,1-5H3,(H,25,33). The predicted molar refractivity (Wildman–Crippen MR) is 123 cm³/mol. The van der Waals surface area contributed by atoms with E-state index in [-0.39, 0.29) is 41.6 Å². The van der Waals surface area contributed by atoms with Gasteiger partial charge in [-0.3, -0.25) is 24.1 Å². The summed E-state index contributed by atoms with van der Waals surface area (Å²) in [6.45, 7) is 8.66. The summed E-state index contributed by atoms with van der Waals surface area (Å²) in [6, 6.07) is -0.552. The lowest BCUT2D eigenvalue weighted by atomic mass is 9.64. The molecule has 0 aromatic rings. The first kappa shape index (κ1) is 26.0. The van der Waals surface area contributed by atoms with Gasteiger partial charge in [-0.1, -0.05) is 20.8 Å². The monoisotopic (exact) mass is 478 g/mol. The molecule has 1 N–H and O–H groups in total. The van der Waals surface area contributed by atoms with E-state index in [9.17, 15) is 24.0 Å². The Hall–Kier alpha value is -2.65. The quantitative estimate of drug-likeness (QED) is 0.455. The van der Waals surface area contributed by atoms with E-state index >= 15 is 0 Å². The molecule has 3 aliphatic rings. The maximum atomic E-state index is 13.2. The van der Waals surface area contributed by atoms with Gasteiger partial charge in [0, 0.05) is 20.1 Å². The molecule has 2 atom stereocenters. The summed E-state index contributed by atoms with van der Waals surface area (Å²) in [6.07, 6.45) is 3.12. The second-order valence-corrected chi connectivity index (χ2v) is 10.9. The van der Waals surface area contributed by atoms with Crippen molar-refractivity contribution in [2.45, 2.75) is 65.3 Å². The lowest BCUT2D eigenvalue weighted by molar-refractivity contribution is -0.151. The van der Waals surface area contributed by atoms with Gasteiger partial charge in [0.25, 0.3) is 5.91 Å². The molecule has 2 heterocycles. The number of rotatable bonds is 6. The van der Waals surface area contributed by atoms with Crippen molar-refractivity contribution in [2.75, 3.05) is 39.8 Å². The Kier molecular flexibility index (Phi) is 7.57. The Bertz CT molecular complexity index is 850. The van der Waals surface area contributed by atoms with E-state index in [2.05, 4.69) is 26.1 Å². The molecular formula is C24H38N4O6. The van der Waals surface area contributed by atoms with E-state index in [1.807, 2.05) is 0 Å². The summed E-state index contributed by atoms with van der Waals surface area (Å²) in [5, 5.41) is 2.87. The third-order valence-corrected chi connectivity index (χ3v) is 7.18. The summed E-state index contributed by atoms with van der Waals surface area (Å²) in [5.74, 6) is -1.22. The molecule has 3 rings (SSSR count). The number of likely N-dealkylation sites (N-methyl/N-ethyl adjacent to an activating group) is 1. The molecular weight excluding hydrogens is 440 g/mol. The zero-order valence-electron chi connectivity index (χ0n) is 21.0. The SMILES string of the molecule is CCOC(=O)C1CCN(C(=O)CN(C)C(=O)CN2C(=O)NC3(CC(C)CC(C)(C)C3)C2=O)CC1. The third-order valence-electron chi connectivity index (χ3n) is 7.18. The Balaban J connectivity index is 1.53. The maximum Gasteiger partial charge on any atom is 0.325 e. The maximum absolute atomic E-state index is 13.2. The molecule has 10 heteroatoms. The molecule has 0 aromatic carbocycles. The van der Waals surface area contributed by atoms with Crippen molar-refractivity contribution >= 4 is 29.7 Å². The zero-order chi connectivity index (χ0) is 25.3. The van der Waals surface area contributed by atoms with Crippen LogP contribution in [0, 0.1) is 17.3 Å². The van der Waals surface area contributed by atoms with Crippen molar-refractivity contribution in [2.24, 2.45) is 17.3 Å². The van der Waals surface area contributed by atoms with Crippen LogP contribution in [0.4, 0.5) is 4.79 Å². The van der Waals surface area contributed by atoms with Gasteiger partial charge in [0.15, 0.2) is 0 Å². The van der Waals surface area contributed by atoms with E-state index < -0.39 is 24.0 Å². The molecule has 34 heavy (non-hydrogen) atoms. The first-order valence-electron chi connectivity index (χ1n) is 12.2. The van der Waals surface area contributed by atoms with Gasteiger partial charge >= 0.3 is 12.0 Å². The molecule has 3 fully saturated rings. The van der Waals surface area contributed by atoms with E-state index in [1.54, 1.807) is 11.8 Å². The van der Waals surface area contributed by atoms with Crippen LogP contribution in [-0.2, 0) is 23.9 Å². The van der Waals surface area contributed by atoms with E-state index in [1.165, 1.54) is 11.9 Å². The fourth-order valence-electron chi connectivity index (χ4n) is 5.92. The van der Waals surface area contributed by atoms with Crippen LogP contribution < -0.4 is 5.32 Å². The second kappa shape index (κ2) is 9.92. The number of ether oxygens (including phenoxy) is 1. The summed E-state index contributed by atoms with van der Waals surface area (Å²) in [7, 11) is 1.49. The van der Waals surface area contributed by atoms with E-state index in [0.29, 0.717) is 45.4 Å².